The molecule has 3 rings (SSSR count). The molecule has 0 radical (unpaired) electrons. The lowest BCUT2D eigenvalue weighted by Gasteiger charge is -2.42. The van der Waals surface area contributed by atoms with Gasteiger partial charge in [-0.1, -0.05) is 18.2 Å². The maximum Gasteiger partial charge on any atom is 0.262 e. The van der Waals surface area contributed by atoms with Crippen LogP contribution in [0, 0.1) is 12.3 Å². The Balaban J connectivity index is 2.02. The van der Waals surface area contributed by atoms with Crippen molar-refractivity contribution in [2.75, 3.05) is 26.7 Å². The Hall–Kier alpha value is -1.54. The second-order valence-corrected chi connectivity index (χ2v) is 8.73. The Morgan fingerprint density at radius 3 is 2.42 bits per heavy atom. The maximum absolute atomic E-state index is 14.3. The number of alkyl halides is 2. The number of carbonyl (C=O) groups is 1. The van der Waals surface area contributed by atoms with Gasteiger partial charge in [-0.05, 0) is 25.0 Å². The summed E-state index contributed by atoms with van der Waals surface area (Å²) in [6.45, 7) is 0.914. The highest BCUT2D eigenvalue weighted by Crippen LogP contribution is 2.46. The summed E-state index contributed by atoms with van der Waals surface area (Å²) >= 11 is 0. The van der Waals surface area contributed by atoms with Crippen LogP contribution in [0.2, 0.25) is 0 Å². The molecule has 0 N–H and O–H groups in total. The highest BCUT2D eigenvalue weighted by Gasteiger charge is 2.58. The summed E-state index contributed by atoms with van der Waals surface area (Å²) in [7, 11) is -2.53. The average Bonchev–Trinajstić information content (AvgIpc) is 2.74. The zero-order valence-corrected chi connectivity index (χ0v) is 14.4. The van der Waals surface area contributed by atoms with Crippen LogP contribution in [0.25, 0.3) is 0 Å². The monoisotopic (exact) mass is 358 g/mol. The number of likely N-dealkylation sites (tertiary alicyclic amines) is 1. The van der Waals surface area contributed by atoms with Crippen molar-refractivity contribution in [3.63, 3.8) is 0 Å². The summed E-state index contributed by atoms with van der Waals surface area (Å²) in [5.74, 6) is -3.62. The summed E-state index contributed by atoms with van der Waals surface area (Å²) in [6.07, 6.45) is -0.347. The number of carbonyl (C=O) groups excluding carboxylic acids is 1. The van der Waals surface area contributed by atoms with Gasteiger partial charge >= 0.3 is 0 Å². The SMILES string of the molecule is Cc1ccccc1S(=O)(=O)N1CC(F)(F)C[C@@]2(CCN(C)C2=O)C1. The van der Waals surface area contributed by atoms with Crippen LogP contribution in [0.1, 0.15) is 18.4 Å². The number of piperidine rings is 1. The molecule has 24 heavy (non-hydrogen) atoms. The van der Waals surface area contributed by atoms with Crippen molar-refractivity contribution < 1.29 is 22.0 Å². The molecule has 132 valence electrons. The number of aryl methyl sites for hydroxylation is 1. The molecule has 2 fully saturated rings. The smallest absolute Gasteiger partial charge is 0.262 e. The van der Waals surface area contributed by atoms with E-state index in [0.717, 1.165) is 4.31 Å². The highest BCUT2D eigenvalue weighted by molar-refractivity contribution is 7.89. The number of hydrogen-bond donors (Lipinski definition) is 0. The van der Waals surface area contributed by atoms with Gasteiger partial charge in [0.25, 0.3) is 5.92 Å². The van der Waals surface area contributed by atoms with Gasteiger partial charge in [-0.2, -0.15) is 4.31 Å². The number of halogens is 2. The zero-order valence-electron chi connectivity index (χ0n) is 13.6. The van der Waals surface area contributed by atoms with Gasteiger partial charge in [0.1, 0.15) is 0 Å². The lowest BCUT2D eigenvalue weighted by molar-refractivity contribution is -0.148. The predicted octanol–water partition coefficient (Wildman–Crippen LogP) is 1.87. The first-order valence-electron chi connectivity index (χ1n) is 7.77. The Morgan fingerprint density at radius 1 is 1.17 bits per heavy atom. The molecule has 8 heteroatoms. The maximum atomic E-state index is 14.3. The summed E-state index contributed by atoms with van der Waals surface area (Å²) in [5.41, 5.74) is -0.831. The lowest BCUT2D eigenvalue weighted by atomic mass is 9.78. The average molecular weight is 358 g/mol. The van der Waals surface area contributed by atoms with Gasteiger partial charge in [0, 0.05) is 26.6 Å². The van der Waals surface area contributed by atoms with Crippen molar-refractivity contribution in [2.24, 2.45) is 5.41 Å². The number of benzene rings is 1. The van der Waals surface area contributed by atoms with Crippen LogP contribution in [-0.4, -0.2) is 56.1 Å². The molecule has 0 saturated carbocycles. The second-order valence-electron chi connectivity index (χ2n) is 6.83. The molecule has 2 aliphatic rings. The van der Waals surface area contributed by atoms with Crippen molar-refractivity contribution >= 4 is 15.9 Å². The van der Waals surface area contributed by atoms with Gasteiger partial charge in [-0.15, -0.1) is 0 Å². The molecule has 5 nitrogen and oxygen atoms in total. The first kappa shape index (κ1) is 17.3. The molecule has 0 bridgehead atoms. The fourth-order valence-electron chi connectivity index (χ4n) is 3.72. The first-order valence-corrected chi connectivity index (χ1v) is 9.21. The quantitative estimate of drug-likeness (QED) is 0.811. The van der Waals surface area contributed by atoms with E-state index in [4.69, 9.17) is 0 Å². The molecule has 1 aromatic rings. The van der Waals surface area contributed by atoms with Gasteiger partial charge < -0.3 is 4.90 Å². The standard InChI is InChI=1S/C16H20F2N2O3S/c1-12-5-3-4-6-13(12)24(22,23)20-10-15(9-16(17,18)11-20)7-8-19(2)14(15)21/h3-6H,7-11H2,1-2H3/t15-/m0/s1. The number of hydrogen-bond acceptors (Lipinski definition) is 3. The first-order chi connectivity index (χ1) is 11.1. The van der Waals surface area contributed by atoms with E-state index in [1.807, 2.05) is 0 Å². The van der Waals surface area contributed by atoms with Crippen LogP contribution in [0.4, 0.5) is 8.78 Å². The number of rotatable bonds is 2. The molecule has 2 saturated heterocycles. The van der Waals surface area contributed by atoms with E-state index in [1.54, 1.807) is 32.2 Å². The van der Waals surface area contributed by atoms with Crippen LogP contribution < -0.4 is 0 Å². The summed E-state index contributed by atoms with van der Waals surface area (Å²) in [4.78, 5) is 13.8. The van der Waals surface area contributed by atoms with Crippen LogP contribution in [-0.2, 0) is 14.8 Å². The van der Waals surface area contributed by atoms with Crippen molar-refractivity contribution in [3.8, 4) is 0 Å². The Kier molecular flexibility index (Phi) is 3.95. The number of nitrogens with zero attached hydrogens (tertiary/aromatic N) is 2. The number of sulfonamides is 1. The van der Waals surface area contributed by atoms with Crippen LogP contribution in [0.3, 0.4) is 0 Å². The van der Waals surface area contributed by atoms with E-state index in [1.165, 1.54) is 11.0 Å². The zero-order chi connectivity index (χ0) is 17.8. The Labute approximate surface area is 140 Å². The van der Waals surface area contributed by atoms with E-state index in [2.05, 4.69) is 0 Å². The minimum atomic E-state index is -4.09. The third-order valence-electron chi connectivity index (χ3n) is 4.92. The Morgan fingerprint density at radius 2 is 1.83 bits per heavy atom. The topological polar surface area (TPSA) is 57.7 Å². The molecule has 1 spiro atoms. The minimum absolute atomic E-state index is 0.0108. The highest BCUT2D eigenvalue weighted by atomic mass is 32.2. The summed E-state index contributed by atoms with van der Waals surface area (Å²) in [6, 6.07) is 6.29. The van der Waals surface area contributed by atoms with E-state index >= 15 is 0 Å². The predicted molar refractivity (Wildman–Crippen MR) is 84.2 cm³/mol. The Bertz CT molecular complexity index is 781. The van der Waals surface area contributed by atoms with E-state index in [-0.39, 0.29) is 17.9 Å². The normalized spacial score (nSPS) is 27.8. The minimum Gasteiger partial charge on any atom is -0.345 e. The molecule has 0 unspecified atom stereocenters. The fraction of sp³-hybridized carbons (Fsp3) is 0.562. The van der Waals surface area contributed by atoms with Crippen LogP contribution in [0.5, 0.6) is 0 Å². The third-order valence-corrected chi connectivity index (χ3v) is 6.87. The molecule has 1 amide bonds. The molecular weight excluding hydrogens is 338 g/mol. The molecule has 2 aliphatic heterocycles. The van der Waals surface area contributed by atoms with Gasteiger partial charge in [0.2, 0.25) is 15.9 Å². The molecule has 2 heterocycles. The van der Waals surface area contributed by atoms with E-state index in [9.17, 15) is 22.0 Å². The third kappa shape index (κ3) is 2.71. The van der Waals surface area contributed by atoms with Crippen molar-refractivity contribution in [3.05, 3.63) is 29.8 Å². The molecule has 0 aromatic heterocycles. The van der Waals surface area contributed by atoms with Gasteiger partial charge in [0.05, 0.1) is 16.9 Å². The van der Waals surface area contributed by atoms with Crippen LogP contribution in [0.15, 0.2) is 29.2 Å². The molecule has 1 aromatic carbocycles. The van der Waals surface area contributed by atoms with Crippen molar-refractivity contribution in [1.82, 2.24) is 9.21 Å². The molecule has 0 aliphatic carbocycles. The second kappa shape index (κ2) is 5.49. The lowest BCUT2D eigenvalue weighted by Crippen LogP contribution is -2.56. The molecule has 1 atom stereocenters. The summed E-state index contributed by atoms with van der Waals surface area (Å²) in [5, 5.41) is 0. The van der Waals surface area contributed by atoms with Crippen molar-refractivity contribution in [1.29, 1.82) is 0 Å². The van der Waals surface area contributed by atoms with E-state index in [0.29, 0.717) is 12.1 Å². The van der Waals surface area contributed by atoms with Gasteiger partial charge in [-0.25, -0.2) is 17.2 Å². The van der Waals surface area contributed by atoms with Crippen molar-refractivity contribution in [2.45, 2.75) is 30.6 Å². The van der Waals surface area contributed by atoms with E-state index < -0.39 is 40.2 Å². The fourth-order valence-corrected chi connectivity index (χ4v) is 5.50. The number of amides is 1. The molecular formula is C16H20F2N2O3S. The van der Waals surface area contributed by atoms with Gasteiger partial charge in [0.15, 0.2) is 0 Å². The summed E-state index contributed by atoms with van der Waals surface area (Å²) < 4.78 is 55.2. The largest absolute Gasteiger partial charge is 0.345 e. The van der Waals surface area contributed by atoms with Crippen LogP contribution >= 0.6 is 0 Å². The van der Waals surface area contributed by atoms with Gasteiger partial charge in [-0.3, -0.25) is 4.79 Å².